The predicted molar refractivity (Wildman–Crippen MR) is 57.9 cm³/mol. The zero-order valence-corrected chi connectivity index (χ0v) is 9.16. The van der Waals surface area contributed by atoms with Crippen LogP contribution in [0.2, 0.25) is 0 Å². The summed E-state index contributed by atoms with van der Waals surface area (Å²) < 4.78 is 28.8. The number of para-hydroxylation sites is 1. The molecule has 1 N–H and O–H groups in total. The maximum Gasteiger partial charge on any atom is 0.387 e. The Kier molecular flexibility index (Phi) is 3.56. The number of hydrogen-bond acceptors (Lipinski definition) is 2. The normalized spacial score (nSPS) is 19.5. The van der Waals surface area contributed by atoms with Crippen LogP contribution in [0.25, 0.3) is 0 Å². The van der Waals surface area contributed by atoms with Gasteiger partial charge in [0, 0.05) is 12.5 Å². The fourth-order valence-corrected chi connectivity index (χ4v) is 1.98. The first-order valence-electron chi connectivity index (χ1n) is 5.47. The fraction of sp³-hybridized carbons (Fsp3) is 0.417. The van der Waals surface area contributed by atoms with E-state index in [1.807, 2.05) is 0 Å². The monoisotopic (exact) mass is 241 g/mol. The number of hydrogen-bond donors (Lipinski definition) is 1. The van der Waals surface area contributed by atoms with E-state index >= 15 is 0 Å². The van der Waals surface area contributed by atoms with Crippen LogP contribution in [0.3, 0.4) is 0 Å². The van der Waals surface area contributed by atoms with Crippen molar-refractivity contribution < 1.29 is 18.3 Å². The van der Waals surface area contributed by atoms with Gasteiger partial charge in [-0.1, -0.05) is 18.2 Å². The molecule has 5 heteroatoms. The van der Waals surface area contributed by atoms with E-state index in [1.54, 1.807) is 18.2 Å². The zero-order valence-electron chi connectivity index (χ0n) is 9.16. The van der Waals surface area contributed by atoms with Crippen LogP contribution in [0.5, 0.6) is 5.75 Å². The molecule has 1 atom stereocenters. The van der Waals surface area contributed by atoms with Crippen LogP contribution in [0.1, 0.15) is 18.4 Å². The second-order valence-electron chi connectivity index (χ2n) is 3.99. The van der Waals surface area contributed by atoms with Gasteiger partial charge in [-0.15, -0.1) is 0 Å². The van der Waals surface area contributed by atoms with Crippen LogP contribution in [-0.2, 0) is 11.2 Å². The maximum atomic E-state index is 12.2. The summed E-state index contributed by atoms with van der Waals surface area (Å²) in [5, 5.41) is 2.80. The molecule has 1 aromatic rings. The predicted octanol–water partition coefficient (Wildman–Crippen LogP) is 2.11. The van der Waals surface area contributed by atoms with Gasteiger partial charge in [-0.25, -0.2) is 0 Å². The van der Waals surface area contributed by atoms with E-state index in [4.69, 9.17) is 0 Å². The Morgan fingerprint density at radius 3 is 2.82 bits per heavy atom. The Balaban J connectivity index is 2.06. The summed E-state index contributed by atoms with van der Waals surface area (Å²) >= 11 is 0. The first kappa shape index (κ1) is 11.8. The van der Waals surface area contributed by atoms with Crippen LogP contribution in [-0.4, -0.2) is 18.6 Å². The second-order valence-corrected chi connectivity index (χ2v) is 3.99. The van der Waals surface area contributed by atoms with Gasteiger partial charge in [0.05, 0.1) is 0 Å². The minimum Gasteiger partial charge on any atom is -0.435 e. The van der Waals surface area contributed by atoms with Crippen LogP contribution in [0.15, 0.2) is 24.3 Å². The molecule has 92 valence electrons. The molecule has 3 nitrogen and oxygen atoms in total. The molecule has 17 heavy (non-hydrogen) atoms. The van der Waals surface area contributed by atoms with Crippen molar-refractivity contribution in [2.24, 2.45) is 0 Å². The molecule has 1 heterocycles. The average molecular weight is 241 g/mol. The molecule has 1 saturated heterocycles. The molecule has 0 bridgehead atoms. The number of benzene rings is 1. The van der Waals surface area contributed by atoms with Crippen molar-refractivity contribution in [2.75, 3.05) is 0 Å². The van der Waals surface area contributed by atoms with Gasteiger partial charge in [-0.3, -0.25) is 4.79 Å². The van der Waals surface area contributed by atoms with Gasteiger partial charge in [0.25, 0.3) is 0 Å². The molecule has 0 spiro atoms. The van der Waals surface area contributed by atoms with Gasteiger partial charge in [-0.05, 0) is 24.5 Å². The van der Waals surface area contributed by atoms with Crippen molar-refractivity contribution in [3.63, 3.8) is 0 Å². The molecule has 0 aliphatic carbocycles. The SMILES string of the molecule is O=C1CCC(Cc2ccccc2OC(F)F)N1. The standard InChI is InChI=1S/C12H13F2NO2/c13-12(14)17-10-4-2-1-3-8(10)7-9-5-6-11(16)15-9/h1-4,9,12H,5-7H2,(H,15,16). The number of carbonyl (C=O) groups is 1. The number of carbonyl (C=O) groups excluding carboxylic acids is 1. The Bertz CT molecular complexity index is 409. The molecule has 1 aliphatic rings. The molecular formula is C12H13F2NO2. The first-order valence-corrected chi connectivity index (χ1v) is 5.47. The van der Waals surface area contributed by atoms with Crippen LogP contribution >= 0.6 is 0 Å². The lowest BCUT2D eigenvalue weighted by Gasteiger charge is -2.14. The first-order chi connectivity index (χ1) is 8.15. The minimum absolute atomic E-state index is 0.0160. The number of rotatable bonds is 4. The summed E-state index contributed by atoms with van der Waals surface area (Å²) in [5.41, 5.74) is 0.694. The van der Waals surface area contributed by atoms with E-state index in [0.29, 0.717) is 18.4 Å². The van der Waals surface area contributed by atoms with Crippen molar-refractivity contribution in [3.8, 4) is 5.75 Å². The highest BCUT2D eigenvalue weighted by molar-refractivity contribution is 5.78. The summed E-state index contributed by atoms with van der Waals surface area (Å²) in [7, 11) is 0. The molecule has 2 rings (SSSR count). The van der Waals surface area contributed by atoms with Crippen LogP contribution in [0.4, 0.5) is 8.78 Å². The molecule has 1 aliphatic heterocycles. The summed E-state index contributed by atoms with van der Waals surface area (Å²) in [6.07, 6.45) is 1.76. The van der Waals surface area contributed by atoms with E-state index in [9.17, 15) is 13.6 Å². The van der Waals surface area contributed by atoms with Crippen molar-refractivity contribution in [3.05, 3.63) is 29.8 Å². The highest BCUT2D eigenvalue weighted by Crippen LogP contribution is 2.23. The lowest BCUT2D eigenvalue weighted by atomic mass is 10.0. The van der Waals surface area contributed by atoms with Crippen molar-refractivity contribution in [1.29, 1.82) is 0 Å². The molecule has 0 aromatic heterocycles. The Morgan fingerprint density at radius 1 is 1.41 bits per heavy atom. The van der Waals surface area contributed by atoms with Gasteiger partial charge in [0.2, 0.25) is 5.91 Å². The highest BCUT2D eigenvalue weighted by Gasteiger charge is 2.22. The third-order valence-corrected chi connectivity index (χ3v) is 2.74. The van der Waals surface area contributed by atoms with Crippen molar-refractivity contribution in [2.45, 2.75) is 31.9 Å². The number of amides is 1. The summed E-state index contributed by atoms with van der Waals surface area (Å²) in [6, 6.07) is 6.68. The van der Waals surface area contributed by atoms with Gasteiger partial charge in [0.15, 0.2) is 0 Å². The molecule has 1 aromatic carbocycles. The van der Waals surface area contributed by atoms with Gasteiger partial charge in [-0.2, -0.15) is 8.78 Å². The topological polar surface area (TPSA) is 38.3 Å². The molecule has 0 saturated carbocycles. The maximum absolute atomic E-state index is 12.2. The van der Waals surface area contributed by atoms with E-state index in [-0.39, 0.29) is 17.7 Å². The Hall–Kier alpha value is -1.65. The summed E-state index contributed by atoms with van der Waals surface area (Å²) in [5.74, 6) is 0.200. The third-order valence-electron chi connectivity index (χ3n) is 2.74. The molecule has 0 radical (unpaired) electrons. The Labute approximate surface area is 97.8 Å². The minimum atomic E-state index is -2.82. The quantitative estimate of drug-likeness (QED) is 0.876. The van der Waals surface area contributed by atoms with Crippen molar-refractivity contribution in [1.82, 2.24) is 5.32 Å². The van der Waals surface area contributed by atoms with Gasteiger partial charge in [0.1, 0.15) is 5.75 Å². The number of ether oxygens (including phenoxy) is 1. The summed E-state index contributed by atoms with van der Waals surface area (Å²) in [6.45, 7) is -2.82. The van der Waals surface area contributed by atoms with E-state index in [2.05, 4.69) is 10.1 Å². The molecule has 1 unspecified atom stereocenters. The molecule has 1 fully saturated rings. The number of alkyl halides is 2. The molecule has 1 amide bonds. The molecular weight excluding hydrogens is 228 g/mol. The largest absolute Gasteiger partial charge is 0.435 e. The van der Waals surface area contributed by atoms with E-state index in [1.165, 1.54) is 6.07 Å². The smallest absolute Gasteiger partial charge is 0.387 e. The second kappa shape index (κ2) is 5.12. The van der Waals surface area contributed by atoms with E-state index in [0.717, 1.165) is 6.42 Å². The number of nitrogens with one attached hydrogen (secondary N) is 1. The lowest BCUT2D eigenvalue weighted by molar-refractivity contribution is -0.119. The number of halogens is 2. The van der Waals surface area contributed by atoms with Gasteiger partial charge >= 0.3 is 6.61 Å². The van der Waals surface area contributed by atoms with Crippen molar-refractivity contribution >= 4 is 5.91 Å². The zero-order chi connectivity index (χ0) is 12.3. The third kappa shape index (κ3) is 3.15. The fourth-order valence-electron chi connectivity index (χ4n) is 1.98. The van der Waals surface area contributed by atoms with Gasteiger partial charge < -0.3 is 10.1 Å². The average Bonchev–Trinajstić information content (AvgIpc) is 2.66. The van der Waals surface area contributed by atoms with Crippen LogP contribution < -0.4 is 10.1 Å². The summed E-state index contributed by atoms with van der Waals surface area (Å²) in [4.78, 5) is 11.0. The van der Waals surface area contributed by atoms with E-state index < -0.39 is 6.61 Å². The highest BCUT2D eigenvalue weighted by atomic mass is 19.3. The van der Waals surface area contributed by atoms with Crippen LogP contribution in [0, 0.1) is 0 Å². The lowest BCUT2D eigenvalue weighted by Crippen LogP contribution is -2.27. The Morgan fingerprint density at radius 2 is 2.18 bits per heavy atom.